The third kappa shape index (κ3) is 2.66. The van der Waals surface area contributed by atoms with Crippen molar-refractivity contribution in [2.75, 3.05) is 12.3 Å². The summed E-state index contributed by atoms with van der Waals surface area (Å²) >= 11 is 1.02. The van der Waals surface area contributed by atoms with Crippen LogP contribution in [0.25, 0.3) is 0 Å². The number of rotatable bonds is 3. The predicted molar refractivity (Wildman–Crippen MR) is 51.5 cm³/mol. The number of nitrogens with one attached hydrogen (secondary N) is 1. The van der Waals surface area contributed by atoms with Crippen LogP contribution in [0.15, 0.2) is 0 Å². The molecule has 0 saturated heterocycles. The lowest BCUT2D eigenvalue weighted by atomic mass is 10.2. The summed E-state index contributed by atoms with van der Waals surface area (Å²) in [6, 6.07) is 0. The van der Waals surface area contributed by atoms with Crippen molar-refractivity contribution in [3.63, 3.8) is 0 Å². The second kappa shape index (κ2) is 4.18. The molecule has 1 heterocycles. The van der Waals surface area contributed by atoms with Crippen molar-refractivity contribution >= 4 is 22.4 Å². The van der Waals surface area contributed by atoms with E-state index in [0.29, 0.717) is 17.5 Å². The van der Waals surface area contributed by atoms with Crippen molar-refractivity contribution in [3.8, 4) is 0 Å². The lowest BCUT2D eigenvalue weighted by molar-refractivity contribution is 0.0945. The molecule has 0 atom stereocenters. The molecule has 0 aliphatic carbocycles. The van der Waals surface area contributed by atoms with Gasteiger partial charge in [0.05, 0.1) is 0 Å². The molecule has 0 spiro atoms. The van der Waals surface area contributed by atoms with Gasteiger partial charge in [0, 0.05) is 18.1 Å². The molecule has 0 radical (unpaired) electrons. The van der Waals surface area contributed by atoms with Gasteiger partial charge in [-0.1, -0.05) is 18.3 Å². The summed E-state index contributed by atoms with van der Waals surface area (Å²) in [7, 11) is 0. The molecule has 6 heteroatoms. The Morgan fingerprint density at radius 1 is 1.69 bits per heavy atom. The summed E-state index contributed by atoms with van der Waals surface area (Å²) in [5, 5.41) is 6.70. The minimum atomic E-state index is -0.250. The summed E-state index contributed by atoms with van der Waals surface area (Å²) in [6.07, 6.45) is 0. The number of nitrogens with two attached hydrogens (primary N) is 1. The SMILES string of the molecule is CC(C)CNC(=O)c1nnsc1N. The highest BCUT2D eigenvalue weighted by atomic mass is 32.1. The van der Waals surface area contributed by atoms with Crippen molar-refractivity contribution in [3.05, 3.63) is 5.69 Å². The van der Waals surface area contributed by atoms with Gasteiger partial charge in [-0.2, -0.15) is 0 Å². The molecule has 1 aromatic rings. The Morgan fingerprint density at radius 3 is 2.85 bits per heavy atom. The number of carbonyl (C=O) groups excluding carboxylic acids is 1. The van der Waals surface area contributed by atoms with E-state index >= 15 is 0 Å². The second-order valence-corrected chi connectivity index (χ2v) is 3.88. The highest BCUT2D eigenvalue weighted by Gasteiger charge is 2.13. The van der Waals surface area contributed by atoms with Gasteiger partial charge in [-0.05, 0) is 5.92 Å². The molecule has 3 N–H and O–H groups in total. The minimum absolute atomic E-state index is 0.227. The van der Waals surface area contributed by atoms with E-state index in [-0.39, 0.29) is 11.6 Å². The Hall–Kier alpha value is -1.17. The molecule has 0 aliphatic rings. The Labute approximate surface area is 80.5 Å². The van der Waals surface area contributed by atoms with Crippen LogP contribution in [-0.4, -0.2) is 22.0 Å². The molecule has 13 heavy (non-hydrogen) atoms. The number of anilines is 1. The van der Waals surface area contributed by atoms with Gasteiger partial charge in [0.1, 0.15) is 5.00 Å². The molecule has 72 valence electrons. The maximum absolute atomic E-state index is 11.3. The molecule has 1 amide bonds. The first-order valence-corrected chi connectivity index (χ1v) is 4.74. The topological polar surface area (TPSA) is 80.9 Å². The van der Waals surface area contributed by atoms with Crippen LogP contribution in [0.1, 0.15) is 24.3 Å². The molecule has 5 nitrogen and oxygen atoms in total. The van der Waals surface area contributed by atoms with Crippen LogP contribution in [0.2, 0.25) is 0 Å². The van der Waals surface area contributed by atoms with Gasteiger partial charge in [-0.15, -0.1) is 5.10 Å². The van der Waals surface area contributed by atoms with Crippen LogP contribution in [0.3, 0.4) is 0 Å². The lowest BCUT2D eigenvalue weighted by Crippen LogP contribution is -2.28. The Balaban J connectivity index is 2.54. The first-order chi connectivity index (χ1) is 6.11. The van der Waals surface area contributed by atoms with E-state index in [9.17, 15) is 4.79 Å². The fourth-order valence-electron chi connectivity index (χ4n) is 0.736. The van der Waals surface area contributed by atoms with Crippen LogP contribution in [0.5, 0.6) is 0 Å². The number of nitrogens with zero attached hydrogens (tertiary/aromatic N) is 2. The first-order valence-electron chi connectivity index (χ1n) is 3.97. The van der Waals surface area contributed by atoms with Crippen molar-refractivity contribution < 1.29 is 4.79 Å². The first kappa shape index (κ1) is 9.91. The Morgan fingerprint density at radius 2 is 2.38 bits per heavy atom. The summed E-state index contributed by atoms with van der Waals surface area (Å²) in [6.45, 7) is 4.65. The molecule has 0 saturated carbocycles. The van der Waals surface area contributed by atoms with E-state index in [1.54, 1.807) is 0 Å². The monoisotopic (exact) mass is 200 g/mol. The number of amides is 1. The Bertz CT molecular complexity index is 296. The summed E-state index contributed by atoms with van der Waals surface area (Å²) in [5.41, 5.74) is 5.71. The number of aromatic nitrogens is 2. The molecule has 0 aliphatic heterocycles. The van der Waals surface area contributed by atoms with Crippen LogP contribution < -0.4 is 11.1 Å². The van der Waals surface area contributed by atoms with Gasteiger partial charge in [0.15, 0.2) is 5.69 Å². The zero-order chi connectivity index (χ0) is 9.84. The highest BCUT2D eigenvalue weighted by molar-refractivity contribution is 7.10. The predicted octanol–water partition coefficient (Wildman–Crippen LogP) is 0.506. The Kier molecular flexibility index (Phi) is 3.18. The van der Waals surface area contributed by atoms with E-state index < -0.39 is 0 Å². The minimum Gasteiger partial charge on any atom is -0.387 e. The van der Waals surface area contributed by atoms with Gasteiger partial charge < -0.3 is 11.1 Å². The van der Waals surface area contributed by atoms with E-state index in [1.165, 1.54) is 0 Å². The average Bonchev–Trinajstić information content (AvgIpc) is 2.47. The van der Waals surface area contributed by atoms with Crippen LogP contribution in [0, 0.1) is 5.92 Å². The summed E-state index contributed by atoms with van der Waals surface area (Å²) in [5.74, 6) is 0.164. The fourth-order valence-corrected chi connectivity index (χ4v) is 1.17. The van der Waals surface area contributed by atoms with E-state index in [1.807, 2.05) is 13.8 Å². The largest absolute Gasteiger partial charge is 0.387 e. The van der Waals surface area contributed by atoms with Gasteiger partial charge >= 0.3 is 0 Å². The zero-order valence-electron chi connectivity index (χ0n) is 7.57. The maximum atomic E-state index is 11.3. The fraction of sp³-hybridized carbons (Fsp3) is 0.571. The maximum Gasteiger partial charge on any atom is 0.274 e. The third-order valence-corrected chi connectivity index (χ3v) is 1.95. The van der Waals surface area contributed by atoms with Gasteiger partial charge in [0.2, 0.25) is 0 Å². The normalized spacial score (nSPS) is 10.4. The molecule has 0 fully saturated rings. The molecule has 0 bridgehead atoms. The van der Waals surface area contributed by atoms with Crippen molar-refractivity contribution in [1.82, 2.24) is 14.9 Å². The third-order valence-electron chi connectivity index (χ3n) is 1.40. The highest BCUT2D eigenvalue weighted by Crippen LogP contribution is 2.11. The molecular weight excluding hydrogens is 188 g/mol. The summed E-state index contributed by atoms with van der Waals surface area (Å²) in [4.78, 5) is 11.3. The van der Waals surface area contributed by atoms with Crippen molar-refractivity contribution in [1.29, 1.82) is 0 Å². The van der Waals surface area contributed by atoms with E-state index in [2.05, 4.69) is 14.9 Å². The molecule has 1 aromatic heterocycles. The number of nitrogen functional groups attached to an aromatic ring is 1. The number of carbonyl (C=O) groups is 1. The summed E-state index contributed by atoms with van der Waals surface area (Å²) < 4.78 is 3.58. The molecule has 1 rings (SSSR count). The second-order valence-electron chi connectivity index (χ2n) is 3.09. The van der Waals surface area contributed by atoms with Gasteiger partial charge in [-0.3, -0.25) is 4.79 Å². The standard InChI is InChI=1S/C7H12N4OS/c1-4(2)3-9-7(12)5-6(8)13-11-10-5/h4H,3,8H2,1-2H3,(H,9,12). The zero-order valence-corrected chi connectivity index (χ0v) is 8.39. The smallest absolute Gasteiger partial charge is 0.274 e. The van der Waals surface area contributed by atoms with E-state index in [0.717, 1.165) is 11.5 Å². The van der Waals surface area contributed by atoms with Crippen molar-refractivity contribution in [2.24, 2.45) is 5.92 Å². The van der Waals surface area contributed by atoms with Crippen LogP contribution >= 0.6 is 11.5 Å². The van der Waals surface area contributed by atoms with Crippen molar-refractivity contribution in [2.45, 2.75) is 13.8 Å². The van der Waals surface area contributed by atoms with Gasteiger partial charge in [0.25, 0.3) is 5.91 Å². The quantitative estimate of drug-likeness (QED) is 0.744. The molecule has 0 unspecified atom stereocenters. The molecular formula is C7H12N4OS. The number of hydrogen-bond acceptors (Lipinski definition) is 5. The van der Waals surface area contributed by atoms with Gasteiger partial charge in [-0.25, -0.2) is 0 Å². The lowest BCUT2D eigenvalue weighted by Gasteiger charge is -2.05. The number of hydrogen-bond donors (Lipinski definition) is 2. The molecule has 0 aromatic carbocycles. The average molecular weight is 200 g/mol. The van der Waals surface area contributed by atoms with E-state index in [4.69, 9.17) is 5.73 Å². The van der Waals surface area contributed by atoms with Crippen LogP contribution in [-0.2, 0) is 0 Å². The van der Waals surface area contributed by atoms with Crippen LogP contribution in [0.4, 0.5) is 5.00 Å².